The summed E-state index contributed by atoms with van der Waals surface area (Å²) in [6.07, 6.45) is 6.24. The van der Waals surface area contributed by atoms with Crippen molar-refractivity contribution in [2.75, 3.05) is 19.6 Å². The smallest absolute Gasteiger partial charge is 0.227 e. The number of hydrogen-bond donors (Lipinski definition) is 1. The van der Waals surface area contributed by atoms with Gasteiger partial charge in [0.15, 0.2) is 0 Å². The van der Waals surface area contributed by atoms with Crippen molar-refractivity contribution in [3.63, 3.8) is 0 Å². The summed E-state index contributed by atoms with van der Waals surface area (Å²) in [7, 11) is 1.93. The molecule has 0 radical (unpaired) electrons. The quantitative estimate of drug-likeness (QED) is 0.903. The number of carbonyl (C=O) groups excluding carboxylic acids is 1. The Bertz CT molecular complexity index is 498. The fourth-order valence-electron chi connectivity index (χ4n) is 3.64. The van der Waals surface area contributed by atoms with Crippen LogP contribution in [0, 0.1) is 12.3 Å². The van der Waals surface area contributed by atoms with E-state index in [9.17, 15) is 4.79 Å². The van der Waals surface area contributed by atoms with E-state index in [0.29, 0.717) is 6.54 Å². The Morgan fingerprint density at radius 2 is 2.10 bits per heavy atom. The van der Waals surface area contributed by atoms with Crippen molar-refractivity contribution in [3.8, 4) is 0 Å². The summed E-state index contributed by atoms with van der Waals surface area (Å²) in [5, 5.41) is 7.37. The van der Waals surface area contributed by atoms with Crippen molar-refractivity contribution < 1.29 is 4.79 Å². The number of nitrogens with zero attached hydrogens (tertiary/aromatic N) is 3. The highest BCUT2D eigenvalue weighted by Gasteiger charge is 2.43. The molecule has 2 fully saturated rings. The number of nitrogens with one attached hydrogen (secondary N) is 1. The first-order valence-electron chi connectivity index (χ1n) is 7.59. The van der Waals surface area contributed by atoms with E-state index in [1.54, 1.807) is 0 Å². The van der Waals surface area contributed by atoms with Crippen LogP contribution in [-0.4, -0.2) is 40.2 Å². The van der Waals surface area contributed by atoms with Crippen molar-refractivity contribution in [1.29, 1.82) is 0 Å². The number of hydrogen-bond acceptors (Lipinski definition) is 3. The van der Waals surface area contributed by atoms with Gasteiger partial charge >= 0.3 is 0 Å². The second-order valence-corrected chi connectivity index (χ2v) is 6.33. The molecule has 20 heavy (non-hydrogen) atoms. The van der Waals surface area contributed by atoms with Gasteiger partial charge in [-0.05, 0) is 45.7 Å². The standard InChI is InChI=1S/C15H24N4O/c1-12-13(10-17-18(12)2)9-16-14(20)15-5-3-7-19(11-15)8-4-6-15/h10H,3-9,11H2,1-2H3,(H,16,20). The van der Waals surface area contributed by atoms with E-state index in [0.717, 1.165) is 56.6 Å². The molecule has 2 saturated heterocycles. The van der Waals surface area contributed by atoms with E-state index in [-0.39, 0.29) is 11.3 Å². The van der Waals surface area contributed by atoms with Crippen LogP contribution in [0.25, 0.3) is 0 Å². The summed E-state index contributed by atoms with van der Waals surface area (Å²) >= 11 is 0. The Balaban J connectivity index is 1.65. The van der Waals surface area contributed by atoms with Crippen molar-refractivity contribution >= 4 is 5.91 Å². The molecule has 3 rings (SSSR count). The van der Waals surface area contributed by atoms with Gasteiger partial charge in [0.2, 0.25) is 5.91 Å². The minimum Gasteiger partial charge on any atom is -0.351 e. The monoisotopic (exact) mass is 276 g/mol. The summed E-state index contributed by atoms with van der Waals surface area (Å²) in [6.45, 7) is 5.91. The Morgan fingerprint density at radius 3 is 2.70 bits per heavy atom. The summed E-state index contributed by atoms with van der Waals surface area (Å²) in [4.78, 5) is 15.1. The molecular formula is C15H24N4O. The number of aromatic nitrogens is 2. The zero-order chi connectivity index (χ0) is 14.2. The fourth-order valence-corrected chi connectivity index (χ4v) is 3.64. The molecule has 1 aromatic heterocycles. The SMILES string of the molecule is Cc1c(CNC(=O)C23CCCN(CCC2)C3)cnn1C. The number of carbonyl (C=O) groups is 1. The van der Waals surface area contributed by atoms with Gasteiger partial charge in [0.05, 0.1) is 11.6 Å². The predicted molar refractivity (Wildman–Crippen MR) is 77.1 cm³/mol. The molecule has 0 aromatic carbocycles. The first-order chi connectivity index (χ1) is 9.61. The fraction of sp³-hybridized carbons (Fsp3) is 0.733. The molecule has 1 aromatic rings. The Kier molecular flexibility index (Phi) is 3.54. The van der Waals surface area contributed by atoms with Crippen molar-refractivity contribution in [2.24, 2.45) is 12.5 Å². The van der Waals surface area contributed by atoms with Crippen molar-refractivity contribution in [2.45, 2.75) is 39.2 Å². The molecule has 0 saturated carbocycles. The van der Waals surface area contributed by atoms with Gasteiger partial charge in [0, 0.05) is 31.4 Å². The summed E-state index contributed by atoms with van der Waals surface area (Å²) < 4.78 is 1.85. The molecule has 0 spiro atoms. The third kappa shape index (κ3) is 2.35. The van der Waals surface area contributed by atoms with Crippen LogP contribution in [0.3, 0.4) is 0 Å². The largest absolute Gasteiger partial charge is 0.351 e. The lowest BCUT2D eigenvalue weighted by Crippen LogP contribution is -2.54. The Hall–Kier alpha value is -1.36. The van der Waals surface area contributed by atoms with Crippen LogP contribution in [-0.2, 0) is 18.4 Å². The van der Waals surface area contributed by atoms with Crippen LogP contribution in [0.1, 0.15) is 36.9 Å². The first-order valence-corrected chi connectivity index (χ1v) is 7.59. The van der Waals surface area contributed by atoms with Crippen LogP contribution in [0.5, 0.6) is 0 Å². The maximum absolute atomic E-state index is 12.7. The van der Waals surface area contributed by atoms with Crippen LogP contribution >= 0.6 is 0 Å². The van der Waals surface area contributed by atoms with Crippen LogP contribution < -0.4 is 5.32 Å². The Labute approximate surface area is 120 Å². The van der Waals surface area contributed by atoms with E-state index in [4.69, 9.17) is 0 Å². The van der Waals surface area contributed by atoms with E-state index >= 15 is 0 Å². The first kappa shape index (κ1) is 13.6. The van der Waals surface area contributed by atoms with Gasteiger partial charge in [0.25, 0.3) is 0 Å². The highest BCUT2D eigenvalue weighted by atomic mass is 16.2. The molecule has 5 nitrogen and oxygen atoms in total. The van der Waals surface area contributed by atoms with Crippen LogP contribution in [0.4, 0.5) is 0 Å². The van der Waals surface area contributed by atoms with Crippen molar-refractivity contribution in [3.05, 3.63) is 17.5 Å². The zero-order valence-corrected chi connectivity index (χ0v) is 12.5. The maximum Gasteiger partial charge on any atom is 0.227 e. The minimum atomic E-state index is -0.132. The minimum absolute atomic E-state index is 0.132. The maximum atomic E-state index is 12.7. The molecule has 2 aliphatic rings. The van der Waals surface area contributed by atoms with Crippen LogP contribution in [0.2, 0.25) is 0 Å². The van der Waals surface area contributed by atoms with Gasteiger partial charge in [-0.15, -0.1) is 0 Å². The number of piperidine rings is 2. The average molecular weight is 276 g/mol. The summed E-state index contributed by atoms with van der Waals surface area (Å²) in [5.41, 5.74) is 2.10. The molecule has 110 valence electrons. The molecule has 1 amide bonds. The molecule has 2 aliphatic heterocycles. The molecule has 3 heterocycles. The second-order valence-electron chi connectivity index (χ2n) is 6.33. The molecule has 0 unspecified atom stereocenters. The van der Waals surface area contributed by atoms with E-state index in [2.05, 4.69) is 15.3 Å². The summed E-state index contributed by atoms with van der Waals surface area (Å²) in [6, 6.07) is 0. The number of fused-ring (bicyclic) bond motifs is 2. The number of amides is 1. The lowest BCUT2D eigenvalue weighted by molar-refractivity contribution is -0.137. The molecule has 1 N–H and O–H groups in total. The lowest BCUT2D eigenvalue weighted by atomic mass is 9.73. The van der Waals surface area contributed by atoms with Gasteiger partial charge in [-0.2, -0.15) is 5.10 Å². The topological polar surface area (TPSA) is 50.2 Å². The molecule has 0 atom stereocenters. The van der Waals surface area contributed by atoms with Crippen molar-refractivity contribution in [1.82, 2.24) is 20.0 Å². The lowest BCUT2D eigenvalue weighted by Gasteiger charge is -2.45. The van der Waals surface area contributed by atoms with Crippen LogP contribution in [0.15, 0.2) is 6.20 Å². The van der Waals surface area contributed by atoms with Gasteiger partial charge in [-0.1, -0.05) is 0 Å². The molecule has 0 aliphatic carbocycles. The average Bonchev–Trinajstić information content (AvgIpc) is 2.76. The molecule has 5 heteroatoms. The van der Waals surface area contributed by atoms with Gasteiger partial charge < -0.3 is 10.2 Å². The Morgan fingerprint density at radius 1 is 1.40 bits per heavy atom. The van der Waals surface area contributed by atoms with E-state index < -0.39 is 0 Å². The third-order valence-corrected chi connectivity index (χ3v) is 5.04. The van der Waals surface area contributed by atoms with Gasteiger partial charge in [-0.3, -0.25) is 9.48 Å². The van der Waals surface area contributed by atoms with E-state index in [1.165, 1.54) is 0 Å². The highest BCUT2D eigenvalue weighted by molar-refractivity contribution is 5.83. The van der Waals surface area contributed by atoms with E-state index in [1.807, 2.05) is 24.9 Å². The molecular weight excluding hydrogens is 252 g/mol. The second kappa shape index (κ2) is 5.20. The highest BCUT2D eigenvalue weighted by Crippen LogP contribution is 2.38. The predicted octanol–water partition coefficient (Wildman–Crippen LogP) is 1.22. The van der Waals surface area contributed by atoms with Gasteiger partial charge in [-0.25, -0.2) is 0 Å². The number of aryl methyl sites for hydroxylation is 1. The molecule has 2 bridgehead atoms. The normalized spacial score (nSPS) is 29.2. The number of rotatable bonds is 3. The van der Waals surface area contributed by atoms with Gasteiger partial charge in [0.1, 0.15) is 0 Å². The zero-order valence-electron chi connectivity index (χ0n) is 12.5. The third-order valence-electron chi connectivity index (χ3n) is 5.04. The summed E-state index contributed by atoms with van der Waals surface area (Å²) in [5.74, 6) is 0.241.